The maximum Gasteiger partial charge on any atom is 0.328 e. The predicted molar refractivity (Wildman–Crippen MR) is 269 cm³/mol. The number of amides is 4. The van der Waals surface area contributed by atoms with Gasteiger partial charge in [0.15, 0.2) is 6.29 Å². The Morgan fingerprint density at radius 1 is 0.914 bits per heavy atom. The first-order valence-corrected chi connectivity index (χ1v) is 25.7. The molecule has 4 N–H and O–H groups in total. The summed E-state index contributed by atoms with van der Waals surface area (Å²) in [4.78, 5) is 87.0. The maximum atomic E-state index is 14.7. The van der Waals surface area contributed by atoms with Gasteiger partial charge in [-0.25, -0.2) is 4.79 Å². The van der Waals surface area contributed by atoms with Crippen LogP contribution in [0.15, 0.2) is 48.5 Å². The molecule has 5 rings (SSSR count). The molecule has 2 bridgehead atoms. The maximum absolute atomic E-state index is 14.7. The monoisotopic (exact) mass is 975 g/mol. The number of carbonyl (C=O) groups excluding carboxylic acids is 6. The summed E-state index contributed by atoms with van der Waals surface area (Å²) in [6.45, 7) is 11.6. The number of ether oxygens (including phenoxy) is 4. The van der Waals surface area contributed by atoms with Gasteiger partial charge in [-0.3, -0.25) is 28.9 Å². The van der Waals surface area contributed by atoms with Gasteiger partial charge >= 0.3 is 5.97 Å². The number of methoxy groups -OCH3 is 3. The van der Waals surface area contributed by atoms with E-state index in [1.54, 1.807) is 49.1 Å². The molecule has 2 saturated heterocycles. The third kappa shape index (κ3) is 14.1. The number of likely N-dealkylation sites (N-methyl/N-ethyl adjacent to an activating group) is 1. The molecule has 70 heavy (non-hydrogen) atoms. The van der Waals surface area contributed by atoms with E-state index in [1.165, 1.54) is 14.2 Å². The summed E-state index contributed by atoms with van der Waals surface area (Å²) in [5, 5.41) is 6.10. The largest absolute Gasteiger partial charge is 0.494 e. The van der Waals surface area contributed by atoms with Gasteiger partial charge in [0.05, 0.1) is 56.4 Å². The lowest BCUT2D eigenvalue weighted by Gasteiger charge is -2.41. The van der Waals surface area contributed by atoms with E-state index in [0.717, 1.165) is 76.2 Å². The van der Waals surface area contributed by atoms with Crippen LogP contribution in [0, 0.1) is 23.7 Å². The number of nitrogens with one attached hydrogen (secondary N) is 2. The number of esters is 1. The summed E-state index contributed by atoms with van der Waals surface area (Å²) < 4.78 is 23.0. The highest BCUT2D eigenvalue weighted by molar-refractivity contribution is 5.91. The smallest absolute Gasteiger partial charge is 0.328 e. The van der Waals surface area contributed by atoms with E-state index in [9.17, 15) is 28.8 Å². The van der Waals surface area contributed by atoms with E-state index in [0.29, 0.717) is 42.6 Å². The first kappa shape index (κ1) is 55.9. The molecular formula is C54H82N6O10. The molecule has 16 nitrogen and oxygen atoms in total. The number of rotatable bonds is 28. The molecule has 3 aliphatic rings. The van der Waals surface area contributed by atoms with Crippen molar-refractivity contribution in [3.8, 4) is 5.75 Å². The third-order valence-corrected chi connectivity index (χ3v) is 15.3. The summed E-state index contributed by atoms with van der Waals surface area (Å²) >= 11 is 0. The van der Waals surface area contributed by atoms with Gasteiger partial charge in [0.1, 0.15) is 17.8 Å². The Morgan fingerprint density at radius 2 is 1.64 bits per heavy atom. The number of anilines is 1. The molecule has 1 aliphatic carbocycles. The first-order chi connectivity index (χ1) is 33.6. The van der Waals surface area contributed by atoms with Crippen molar-refractivity contribution in [3.05, 3.63) is 59.7 Å². The number of aldehydes is 1. The molecule has 2 aromatic rings. The Morgan fingerprint density at radius 3 is 2.29 bits per heavy atom. The molecule has 3 fully saturated rings. The standard InChI is InChI=1S/C54H82N6O10/c1-10-35(4)48(45(67-7)32-46(62)60-27-18-21-44(60)50(68-8)36(5)51(63)56-43(54(66)69-9)29-37-19-14-13-15-20-37)58(6)53(65)47(34(2)3)57-52(64)49-38-22-24-40(30-38)59(49)26-16-11-12-17-28-70-41-25-23-39(33-61)42(55)31-41/h13-15,19-20,23,25,31,33-36,38,40,43-45,47-50H,10-12,16-18,21-22,24,26-30,32,55H2,1-9H3,(H,56,63)(H,57,64)/t35-,36+,38-,40+,43-,44-,45+,47-,48-,49-,50+/m0/s1. The number of nitrogens with zero attached hydrogens (tertiary/aromatic N) is 3. The zero-order valence-corrected chi connectivity index (χ0v) is 43.2. The van der Waals surface area contributed by atoms with E-state index in [-0.39, 0.29) is 60.3 Å². The van der Waals surface area contributed by atoms with Crippen LogP contribution < -0.4 is 21.1 Å². The molecule has 0 spiro atoms. The lowest BCUT2D eigenvalue weighted by Crippen LogP contribution is -2.60. The number of likely N-dealkylation sites (tertiary alicyclic amines) is 2. The summed E-state index contributed by atoms with van der Waals surface area (Å²) in [6, 6.07) is 12.0. The molecule has 4 amide bonds. The highest BCUT2D eigenvalue weighted by Crippen LogP contribution is 2.43. The lowest BCUT2D eigenvalue weighted by molar-refractivity contribution is -0.149. The van der Waals surface area contributed by atoms with Gasteiger partial charge < -0.3 is 45.1 Å². The van der Waals surface area contributed by atoms with Gasteiger partial charge in [-0.1, -0.05) is 84.2 Å². The number of hydrogen-bond donors (Lipinski definition) is 3. The fraction of sp³-hybridized carbons (Fsp3) is 0.667. The summed E-state index contributed by atoms with van der Waals surface area (Å²) in [5.41, 5.74) is 7.64. The van der Waals surface area contributed by atoms with Crippen LogP contribution in [0.4, 0.5) is 5.69 Å². The minimum atomic E-state index is -0.903. The number of unbranched alkanes of at least 4 members (excludes halogenated alkanes) is 3. The average molecular weight is 975 g/mol. The summed E-state index contributed by atoms with van der Waals surface area (Å²) in [5.74, 6) is -1.52. The molecule has 16 heteroatoms. The minimum Gasteiger partial charge on any atom is -0.494 e. The van der Waals surface area contributed by atoms with E-state index in [1.807, 2.05) is 51.1 Å². The van der Waals surface area contributed by atoms with E-state index in [4.69, 9.17) is 24.7 Å². The van der Waals surface area contributed by atoms with Crippen LogP contribution in [0.1, 0.15) is 121 Å². The molecule has 0 aromatic heterocycles. The molecule has 0 unspecified atom stereocenters. The topological polar surface area (TPSA) is 199 Å². The van der Waals surface area contributed by atoms with Gasteiger partial charge in [0, 0.05) is 57.6 Å². The van der Waals surface area contributed by atoms with Crippen LogP contribution in [0.3, 0.4) is 0 Å². The van der Waals surface area contributed by atoms with Crippen molar-refractivity contribution in [2.24, 2.45) is 23.7 Å². The lowest BCUT2D eigenvalue weighted by atomic mass is 9.89. The zero-order valence-electron chi connectivity index (χ0n) is 43.2. The quantitative estimate of drug-likeness (QED) is 0.0400. The highest BCUT2D eigenvalue weighted by Gasteiger charge is 2.50. The molecule has 11 atom stereocenters. The van der Waals surface area contributed by atoms with Crippen LogP contribution in [-0.2, 0) is 44.6 Å². The van der Waals surface area contributed by atoms with Gasteiger partial charge in [0.2, 0.25) is 23.6 Å². The fourth-order valence-electron chi connectivity index (χ4n) is 11.2. The van der Waals surface area contributed by atoms with Crippen LogP contribution >= 0.6 is 0 Å². The van der Waals surface area contributed by atoms with Crippen molar-refractivity contribution in [2.45, 2.75) is 160 Å². The Labute approximate surface area is 416 Å². The number of fused-ring (bicyclic) bond motifs is 2. The predicted octanol–water partition coefficient (Wildman–Crippen LogP) is 5.84. The molecule has 0 radical (unpaired) electrons. The number of benzene rings is 2. The molecule has 2 aromatic carbocycles. The Bertz CT molecular complexity index is 2040. The van der Waals surface area contributed by atoms with Crippen LogP contribution in [-0.4, -0.2) is 147 Å². The first-order valence-electron chi connectivity index (χ1n) is 25.7. The van der Waals surface area contributed by atoms with Crippen molar-refractivity contribution in [3.63, 3.8) is 0 Å². The SMILES string of the molecule is CC[C@H](C)[C@@H]([C@@H](CC(=O)N1CCC[C@H]1[C@H](OC)[C@@H](C)C(=O)N[C@@H](Cc1ccccc1)C(=O)OC)OC)N(C)C(=O)[C@@H](NC(=O)[C@@H]1[C@H]2CC[C@H](C2)N1CCCCCCOc1ccc(C=O)c(N)c1)C(C)C. The molecule has 2 heterocycles. The van der Waals surface area contributed by atoms with Crippen LogP contribution in [0.25, 0.3) is 0 Å². The van der Waals surface area contributed by atoms with E-state index in [2.05, 4.69) is 22.5 Å². The number of hydrogen-bond acceptors (Lipinski definition) is 12. The fourth-order valence-corrected chi connectivity index (χ4v) is 11.2. The Kier molecular flexibility index (Phi) is 21.5. The second-order valence-corrected chi connectivity index (χ2v) is 20.2. The van der Waals surface area contributed by atoms with Crippen molar-refractivity contribution in [2.75, 3.05) is 53.8 Å². The van der Waals surface area contributed by atoms with E-state index >= 15 is 0 Å². The number of nitrogens with two attached hydrogens (primary N) is 1. The summed E-state index contributed by atoms with van der Waals surface area (Å²) in [6.07, 6.45) is 8.56. The third-order valence-electron chi connectivity index (χ3n) is 15.3. The van der Waals surface area contributed by atoms with Crippen molar-refractivity contribution in [1.29, 1.82) is 0 Å². The molecule has 2 aliphatic heterocycles. The number of carbonyl (C=O) groups is 6. The Balaban J connectivity index is 1.19. The van der Waals surface area contributed by atoms with Gasteiger partial charge in [-0.15, -0.1) is 0 Å². The number of piperidine rings is 1. The second-order valence-electron chi connectivity index (χ2n) is 20.2. The van der Waals surface area contributed by atoms with Crippen LogP contribution in [0.2, 0.25) is 0 Å². The summed E-state index contributed by atoms with van der Waals surface area (Å²) in [7, 11) is 6.15. The van der Waals surface area contributed by atoms with Gasteiger partial charge in [-0.05, 0) is 86.9 Å². The van der Waals surface area contributed by atoms with Gasteiger partial charge in [-0.2, -0.15) is 0 Å². The second kappa shape index (κ2) is 27.0. The zero-order chi connectivity index (χ0) is 51.1. The highest BCUT2D eigenvalue weighted by atomic mass is 16.5. The van der Waals surface area contributed by atoms with Crippen molar-refractivity contribution >= 4 is 41.6 Å². The van der Waals surface area contributed by atoms with Crippen LogP contribution in [0.5, 0.6) is 5.75 Å². The normalized spacial score (nSPS) is 21.8. The number of nitrogen functional groups attached to an aromatic ring is 1. The molecule has 1 saturated carbocycles. The Hall–Kier alpha value is -5.06. The molecule has 388 valence electrons. The minimum absolute atomic E-state index is 0.00461. The van der Waals surface area contributed by atoms with Gasteiger partial charge in [0.25, 0.3) is 0 Å². The van der Waals surface area contributed by atoms with Crippen molar-refractivity contribution in [1.82, 2.24) is 25.3 Å². The average Bonchev–Trinajstić information content (AvgIpc) is 4.13. The molecular weight excluding hydrogens is 893 g/mol. The van der Waals surface area contributed by atoms with Crippen molar-refractivity contribution < 1.29 is 47.7 Å². The van der Waals surface area contributed by atoms with E-state index < -0.39 is 48.3 Å².